The second-order valence-corrected chi connectivity index (χ2v) is 10.5. The van der Waals surface area contributed by atoms with Gasteiger partial charge in [0.15, 0.2) is 6.04 Å². The number of rotatable bonds is 16. The Hall–Kier alpha value is -4.46. The lowest BCUT2D eigenvalue weighted by Gasteiger charge is -2.26. The number of hydrogen-bond acceptors (Lipinski definition) is 8. The van der Waals surface area contributed by atoms with Gasteiger partial charge in [-0.25, -0.2) is 4.79 Å². The first kappa shape index (κ1) is 33.0. The molecule has 3 aromatic rings. The Kier molecular flexibility index (Phi) is 12.0. The average Bonchev–Trinajstić information content (AvgIpc) is 3.38. The summed E-state index contributed by atoms with van der Waals surface area (Å²) in [6.45, 7) is 1.60. The molecule has 13 heteroatoms. The molecule has 3 rings (SSSR count). The number of amides is 3. The molecule has 3 amide bonds. The number of phenols is 1. The fourth-order valence-corrected chi connectivity index (χ4v) is 4.66. The molecule has 0 aliphatic carbocycles. The van der Waals surface area contributed by atoms with Crippen LogP contribution in [-0.4, -0.2) is 80.8 Å². The largest absolute Gasteiger partial charge is 0.508 e. The molecule has 5 atom stereocenters. The number of nitrogens with two attached hydrogens (primary N) is 2. The van der Waals surface area contributed by atoms with E-state index in [1.807, 2.05) is 24.3 Å². The van der Waals surface area contributed by atoms with Crippen LogP contribution < -0.4 is 27.4 Å². The van der Waals surface area contributed by atoms with E-state index in [4.69, 9.17) is 11.5 Å². The summed E-state index contributed by atoms with van der Waals surface area (Å²) >= 11 is 0. The van der Waals surface area contributed by atoms with Crippen molar-refractivity contribution in [1.29, 1.82) is 0 Å². The van der Waals surface area contributed by atoms with Gasteiger partial charge < -0.3 is 47.7 Å². The summed E-state index contributed by atoms with van der Waals surface area (Å²) in [5, 5.41) is 37.4. The predicted octanol–water partition coefficient (Wildman–Crippen LogP) is 0.0348. The van der Waals surface area contributed by atoms with Crippen LogP contribution >= 0.6 is 0 Å². The van der Waals surface area contributed by atoms with Crippen molar-refractivity contribution in [1.82, 2.24) is 20.9 Å². The molecule has 43 heavy (non-hydrogen) atoms. The number of carboxylic acid groups (broad SMARTS) is 1. The highest BCUT2D eigenvalue weighted by Gasteiger charge is 2.32. The number of fused-ring (bicyclic) bond motifs is 1. The molecule has 2 aromatic carbocycles. The van der Waals surface area contributed by atoms with Crippen LogP contribution in [0.15, 0.2) is 54.7 Å². The maximum absolute atomic E-state index is 13.5. The zero-order valence-corrected chi connectivity index (χ0v) is 24.0. The first-order chi connectivity index (χ1) is 20.5. The number of aliphatic hydroxyl groups excluding tert-OH is 1. The lowest BCUT2D eigenvalue weighted by Crippen LogP contribution is -2.58. The Morgan fingerprint density at radius 3 is 2.19 bits per heavy atom. The Bertz CT molecular complexity index is 1390. The van der Waals surface area contributed by atoms with E-state index in [-0.39, 0.29) is 25.0 Å². The van der Waals surface area contributed by atoms with E-state index in [1.165, 1.54) is 19.1 Å². The summed E-state index contributed by atoms with van der Waals surface area (Å²) in [6.07, 6.45) is 1.84. The van der Waals surface area contributed by atoms with Gasteiger partial charge in [0.2, 0.25) is 17.7 Å². The molecule has 0 aliphatic rings. The number of carbonyl (C=O) groups is 4. The standard InChI is InChI=1S/C30H40N6O7/c1-17(37)26(30(42)43)36-29(41)25(14-18-9-11-20(38)12-10-18)35-28(40)24(8-4-5-13-31)34-27(39)22(32)15-19-16-33-23-7-3-2-6-21(19)23/h2-3,6-7,9-12,16-17,22,24-26,33,37-38H,4-5,8,13-15,31-32H2,1H3,(H,34,39)(H,35,40)(H,36,41)(H,42,43). The van der Waals surface area contributed by atoms with Gasteiger partial charge in [0.1, 0.15) is 17.8 Å². The molecule has 11 N–H and O–H groups in total. The summed E-state index contributed by atoms with van der Waals surface area (Å²) < 4.78 is 0. The van der Waals surface area contributed by atoms with Crippen molar-refractivity contribution in [2.45, 2.75) is 69.3 Å². The number of aliphatic carboxylic acids is 1. The maximum atomic E-state index is 13.5. The third-order valence-corrected chi connectivity index (χ3v) is 7.09. The third-order valence-electron chi connectivity index (χ3n) is 7.09. The highest BCUT2D eigenvalue weighted by molar-refractivity contribution is 5.94. The first-order valence-electron chi connectivity index (χ1n) is 14.1. The zero-order chi connectivity index (χ0) is 31.5. The Balaban J connectivity index is 1.77. The molecule has 1 aromatic heterocycles. The molecule has 0 fully saturated rings. The minimum absolute atomic E-state index is 0.000453. The predicted molar refractivity (Wildman–Crippen MR) is 160 cm³/mol. The number of aromatic hydroxyl groups is 1. The SMILES string of the molecule is CC(O)C(NC(=O)C(Cc1ccc(O)cc1)NC(=O)C(CCCCN)NC(=O)C(N)Cc1c[nH]c2ccccc12)C(=O)O. The number of unbranched alkanes of at least 4 members (excludes halogenated alkanes) is 1. The van der Waals surface area contributed by atoms with Crippen LogP contribution in [-0.2, 0) is 32.0 Å². The molecule has 0 saturated carbocycles. The Morgan fingerprint density at radius 2 is 1.53 bits per heavy atom. The number of para-hydroxylation sites is 1. The van der Waals surface area contributed by atoms with Crippen molar-refractivity contribution < 1.29 is 34.5 Å². The van der Waals surface area contributed by atoms with Gasteiger partial charge in [-0.1, -0.05) is 30.3 Å². The molecule has 5 unspecified atom stereocenters. The first-order valence-corrected chi connectivity index (χ1v) is 14.1. The lowest BCUT2D eigenvalue weighted by atomic mass is 10.0. The van der Waals surface area contributed by atoms with Crippen molar-refractivity contribution in [3.05, 3.63) is 65.9 Å². The number of aromatic nitrogens is 1. The van der Waals surface area contributed by atoms with Gasteiger partial charge in [0, 0.05) is 23.5 Å². The summed E-state index contributed by atoms with van der Waals surface area (Å²) in [7, 11) is 0. The van der Waals surface area contributed by atoms with E-state index in [9.17, 15) is 34.5 Å². The fraction of sp³-hybridized carbons (Fsp3) is 0.400. The van der Waals surface area contributed by atoms with Crippen LogP contribution in [0.25, 0.3) is 10.9 Å². The van der Waals surface area contributed by atoms with Gasteiger partial charge in [0.05, 0.1) is 12.1 Å². The molecule has 0 spiro atoms. The molecule has 0 aliphatic heterocycles. The van der Waals surface area contributed by atoms with Crippen LogP contribution in [0.2, 0.25) is 0 Å². The Morgan fingerprint density at radius 1 is 0.884 bits per heavy atom. The van der Waals surface area contributed by atoms with E-state index in [0.717, 1.165) is 16.5 Å². The van der Waals surface area contributed by atoms with E-state index in [0.29, 0.717) is 24.9 Å². The number of aromatic amines is 1. The van der Waals surface area contributed by atoms with Crippen molar-refractivity contribution in [3.8, 4) is 5.75 Å². The second-order valence-electron chi connectivity index (χ2n) is 10.5. The van der Waals surface area contributed by atoms with Crippen molar-refractivity contribution in [2.24, 2.45) is 11.5 Å². The zero-order valence-electron chi connectivity index (χ0n) is 24.0. The number of hydrogen-bond donors (Lipinski definition) is 9. The number of carbonyl (C=O) groups excluding carboxylic acids is 3. The van der Waals surface area contributed by atoms with Gasteiger partial charge >= 0.3 is 5.97 Å². The summed E-state index contributed by atoms with van der Waals surface area (Å²) in [6, 6.07) is 8.60. The van der Waals surface area contributed by atoms with Crippen LogP contribution in [0.3, 0.4) is 0 Å². The summed E-state index contributed by atoms with van der Waals surface area (Å²) in [4.78, 5) is 54.6. The second kappa shape index (κ2) is 15.7. The van der Waals surface area contributed by atoms with Crippen molar-refractivity contribution in [2.75, 3.05) is 6.54 Å². The van der Waals surface area contributed by atoms with E-state index in [2.05, 4.69) is 20.9 Å². The molecule has 13 nitrogen and oxygen atoms in total. The van der Waals surface area contributed by atoms with E-state index in [1.54, 1.807) is 18.3 Å². The summed E-state index contributed by atoms with van der Waals surface area (Å²) in [5.74, 6) is -3.53. The molecule has 232 valence electrons. The minimum atomic E-state index is -1.62. The highest BCUT2D eigenvalue weighted by Crippen LogP contribution is 2.19. The topological polar surface area (TPSA) is 233 Å². The van der Waals surface area contributed by atoms with Gasteiger partial charge in [-0.05, 0) is 68.5 Å². The smallest absolute Gasteiger partial charge is 0.328 e. The Labute approximate surface area is 249 Å². The van der Waals surface area contributed by atoms with Gasteiger partial charge in [-0.2, -0.15) is 0 Å². The van der Waals surface area contributed by atoms with E-state index < -0.39 is 54.0 Å². The number of aliphatic hydroxyl groups is 1. The van der Waals surface area contributed by atoms with Crippen molar-refractivity contribution >= 4 is 34.6 Å². The van der Waals surface area contributed by atoms with Crippen LogP contribution in [0.5, 0.6) is 5.75 Å². The number of H-pyrrole nitrogens is 1. The number of nitrogens with one attached hydrogen (secondary N) is 4. The molecule has 0 saturated heterocycles. The molecular formula is C30H40N6O7. The number of phenolic OH excluding ortho intramolecular Hbond substituents is 1. The van der Waals surface area contributed by atoms with Crippen LogP contribution in [0, 0.1) is 0 Å². The van der Waals surface area contributed by atoms with Gasteiger partial charge in [-0.3, -0.25) is 14.4 Å². The average molecular weight is 597 g/mol. The molecular weight excluding hydrogens is 556 g/mol. The van der Waals surface area contributed by atoms with Crippen LogP contribution in [0.1, 0.15) is 37.3 Å². The molecule has 0 radical (unpaired) electrons. The third kappa shape index (κ3) is 9.53. The molecule has 1 heterocycles. The van der Waals surface area contributed by atoms with Gasteiger partial charge in [-0.15, -0.1) is 0 Å². The van der Waals surface area contributed by atoms with Crippen molar-refractivity contribution in [3.63, 3.8) is 0 Å². The maximum Gasteiger partial charge on any atom is 0.328 e. The minimum Gasteiger partial charge on any atom is -0.508 e. The monoisotopic (exact) mass is 596 g/mol. The highest BCUT2D eigenvalue weighted by atomic mass is 16.4. The number of carboxylic acids is 1. The molecule has 0 bridgehead atoms. The lowest BCUT2D eigenvalue weighted by molar-refractivity contribution is -0.145. The normalized spacial score (nSPS) is 14.7. The van der Waals surface area contributed by atoms with E-state index >= 15 is 0 Å². The number of benzene rings is 2. The van der Waals surface area contributed by atoms with Gasteiger partial charge in [0.25, 0.3) is 0 Å². The van der Waals surface area contributed by atoms with Crippen LogP contribution in [0.4, 0.5) is 0 Å². The quantitative estimate of drug-likeness (QED) is 0.101. The summed E-state index contributed by atoms with van der Waals surface area (Å²) in [5.41, 5.74) is 14.2. The fourth-order valence-electron chi connectivity index (χ4n) is 4.66.